The van der Waals surface area contributed by atoms with Gasteiger partial charge in [0.25, 0.3) is 5.91 Å². The van der Waals surface area contributed by atoms with E-state index in [0.29, 0.717) is 17.0 Å². The highest BCUT2D eigenvalue weighted by atomic mass is 32.2. The smallest absolute Gasteiger partial charge is 0.259 e. The SMILES string of the molecule is COc1ccccc1C(=O)Nc1ccccc1Sc1ncnc2scc(-c3ccccc3)c12. The van der Waals surface area contributed by atoms with Crippen LogP contribution in [0.5, 0.6) is 5.75 Å². The highest BCUT2D eigenvalue weighted by Gasteiger charge is 2.17. The molecule has 0 aliphatic carbocycles. The predicted octanol–water partition coefficient (Wildman–Crippen LogP) is 6.77. The predicted molar refractivity (Wildman–Crippen MR) is 134 cm³/mol. The van der Waals surface area contributed by atoms with Gasteiger partial charge in [0.1, 0.15) is 21.9 Å². The van der Waals surface area contributed by atoms with Gasteiger partial charge < -0.3 is 10.1 Å². The number of ether oxygens (including phenoxy) is 1. The lowest BCUT2D eigenvalue weighted by molar-refractivity contribution is 0.102. The van der Waals surface area contributed by atoms with Gasteiger partial charge in [-0.3, -0.25) is 4.79 Å². The Morgan fingerprint density at radius 3 is 2.55 bits per heavy atom. The van der Waals surface area contributed by atoms with E-state index in [9.17, 15) is 4.79 Å². The molecule has 33 heavy (non-hydrogen) atoms. The second-order valence-electron chi connectivity index (χ2n) is 7.13. The van der Waals surface area contributed by atoms with E-state index < -0.39 is 0 Å². The van der Waals surface area contributed by atoms with Gasteiger partial charge in [0.2, 0.25) is 0 Å². The molecule has 0 saturated carbocycles. The van der Waals surface area contributed by atoms with Crippen molar-refractivity contribution in [3.63, 3.8) is 0 Å². The van der Waals surface area contributed by atoms with Crippen LogP contribution in [0.1, 0.15) is 10.4 Å². The van der Waals surface area contributed by atoms with Crippen molar-refractivity contribution in [3.05, 3.63) is 96.1 Å². The number of benzene rings is 3. The van der Waals surface area contributed by atoms with Gasteiger partial charge in [-0.25, -0.2) is 9.97 Å². The fourth-order valence-electron chi connectivity index (χ4n) is 3.54. The third-order valence-corrected chi connectivity index (χ3v) is 7.08. The van der Waals surface area contributed by atoms with Crippen molar-refractivity contribution in [1.82, 2.24) is 9.97 Å². The Labute approximate surface area is 199 Å². The molecule has 0 atom stereocenters. The zero-order valence-electron chi connectivity index (χ0n) is 17.7. The number of rotatable bonds is 6. The molecule has 0 unspecified atom stereocenters. The number of methoxy groups -OCH3 is 1. The van der Waals surface area contributed by atoms with Gasteiger partial charge >= 0.3 is 0 Å². The van der Waals surface area contributed by atoms with Crippen molar-refractivity contribution < 1.29 is 9.53 Å². The monoisotopic (exact) mass is 469 g/mol. The van der Waals surface area contributed by atoms with Crippen LogP contribution in [0.2, 0.25) is 0 Å². The fourth-order valence-corrected chi connectivity index (χ4v) is 5.51. The van der Waals surface area contributed by atoms with E-state index in [1.54, 1.807) is 36.9 Å². The van der Waals surface area contributed by atoms with E-state index in [2.05, 4.69) is 32.8 Å². The Morgan fingerprint density at radius 2 is 1.70 bits per heavy atom. The summed E-state index contributed by atoms with van der Waals surface area (Å²) >= 11 is 3.12. The summed E-state index contributed by atoms with van der Waals surface area (Å²) in [6, 6.07) is 25.1. The highest BCUT2D eigenvalue weighted by molar-refractivity contribution is 7.99. The van der Waals surface area contributed by atoms with E-state index in [1.807, 2.05) is 54.6 Å². The summed E-state index contributed by atoms with van der Waals surface area (Å²) in [5, 5.41) is 7.01. The maximum atomic E-state index is 13.0. The van der Waals surface area contributed by atoms with Crippen molar-refractivity contribution in [3.8, 4) is 16.9 Å². The molecule has 2 aromatic heterocycles. The summed E-state index contributed by atoms with van der Waals surface area (Å²) in [5.74, 6) is 0.303. The number of fused-ring (bicyclic) bond motifs is 1. The molecule has 0 radical (unpaired) electrons. The third kappa shape index (κ3) is 4.33. The number of nitrogens with zero attached hydrogens (tertiary/aromatic N) is 2. The van der Waals surface area contributed by atoms with Gasteiger partial charge in [0, 0.05) is 15.8 Å². The van der Waals surface area contributed by atoms with E-state index >= 15 is 0 Å². The number of thiophene rings is 1. The Bertz CT molecular complexity index is 1430. The minimum atomic E-state index is -0.228. The average Bonchev–Trinajstić information content (AvgIpc) is 3.31. The van der Waals surface area contributed by atoms with E-state index in [0.717, 1.165) is 31.3 Å². The van der Waals surface area contributed by atoms with Crippen molar-refractivity contribution in [1.29, 1.82) is 0 Å². The van der Waals surface area contributed by atoms with Crippen LogP contribution in [0.25, 0.3) is 21.3 Å². The van der Waals surface area contributed by atoms with E-state index in [-0.39, 0.29) is 5.91 Å². The summed E-state index contributed by atoms with van der Waals surface area (Å²) in [7, 11) is 1.56. The van der Waals surface area contributed by atoms with Gasteiger partial charge in [-0.1, -0.05) is 66.4 Å². The van der Waals surface area contributed by atoms with Crippen molar-refractivity contribution >= 4 is 44.9 Å². The number of anilines is 1. The summed E-state index contributed by atoms with van der Waals surface area (Å²) in [4.78, 5) is 23.9. The highest BCUT2D eigenvalue weighted by Crippen LogP contribution is 2.41. The van der Waals surface area contributed by atoms with Crippen molar-refractivity contribution in [2.75, 3.05) is 12.4 Å². The molecule has 1 N–H and O–H groups in total. The van der Waals surface area contributed by atoms with Crippen molar-refractivity contribution in [2.24, 2.45) is 0 Å². The lowest BCUT2D eigenvalue weighted by Crippen LogP contribution is -2.13. The van der Waals surface area contributed by atoms with Crippen LogP contribution in [0, 0.1) is 0 Å². The minimum Gasteiger partial charge on any atom is -0.496 e. The topological polar surface area (TPSA) is 64.1 Å². The Hall–Kier alpha value is -3.68. The molecular formula is C26H19N3O2S2. The van der Waals surface area contributed by atoms with Crippen molar-refractivity contribution in [2.45, 2.75) is 9.92 Å². The Balaban J connectivity index is 1.50. The standard InChI is InChI=1S/C26H19N3O2S2/c1-31-21-13-7-5-11-18(21)24(30)29-20-12-6-8-14-22(20)33-26-23-19(17-9-3-2-4-10-17)15-32-25(23)27-16-28-26/h2-16H,1H3,(H,29,30). The largest absolute Gasteiger partial charge is 0.496 e. The van der Waals surface area contributed by atoms with Crippen LogP contribution in [0.4, 0.5) is 5.69 Å². The number of para-hydroxylation sites is 2. The second-order valence-corrected chi connectivity index (χ2v) is 9.02. The first-order chi connectivity index (χ1) is 16.2. The van der Waals surface area contributed by atoms with Crippen LogP contribution in [-0.2, 0) is 0 Å². The lowest BCUT2D eigenvalue weighted by Gasteiger charge is -2.13. The van der Waals surface area contributed by atoms with Crippen LogP contribution < -0.4 is 10.1 Å². The van der Waals surface area contributed by atoms with Gasteiger partial charge in [-0.05, 0) is 29.8 Å². The summed E-state index contributed by atoms with van der Waals surface area (Å²) in [6.07, 6.45) is 1.59. The molecule has 1 amide bonds. The number of hydrogen-bond acceptors (Lipinski definition) is 6. The first kappa shape index (κ1) is 21.2. The molecule has 5 rings (SSSR count). The average molecular weight is 470 g/mol. The molecular weight excluding hydrogens is 450 g/mol. The molecule has 0 saturated heterocycles. The minimum absolute atomic E-state index is 0.228. The number of carbonyl (C=O) groups is 1. The lowest BCUT2D eigenvalue weighted by atomic mass is 10.1. The summed E-state index contributed by atoms with van der Waals surface area (Å²) in [5.41, 5.74) is 3.42. The molecule has 7 heteroatoms. The molecule has 5 aromatic rings. The number of carbonyl (C=O) groups excluding carboxylic acids is 1. The van der Waals surface area contributed by atoms with Crippen LogP contribution in [-0.4, -0.2) is 23.0 Å². The normalized spacial score (nSPS) is 10.8. The van der Waals surface area contributed by atoms with Gasteiger partial charge in [-0.15, -0.1) is 11.3 Å². The second kappa shape index (κ2) is 9.44. The number of nitrogens with one attached hydrogen (secondary N) is 1. The molecule has 0 spiro atoms. The molecule has 0 aliphatic heterocycles. The third-order valence-electron chi connectivity index (χ3n) is 5.11. The summed E-state index contributed by atoms with van der Waals surface area (Å²) < 4.78 is 5.34. The van der Waals surface area contributed by atoms with Crippen LogP contribution >= 0.6 is 23.1 Å². The molecule has 0 fully saturated rings. The zero-order chi connectivity index (χ0) is 22.6. The van der Waals surface area contributed by atoms with E-state index in [1.165, 1.54) is 11.8 Å². The number of amides is 1. The first-order valence-electron chi connectivity index (χ1n) is 10.2. The number of hydrogen-bond donors (Lipinski definition) is 1. The first-order valence-corrected chi connectivity index (χ1v) is 11.9. The van der Waals surface area contributed by atoms with Crippen LogP contribution in [0.15, 0.2) is 100 Å². The maximum Gasteiger partial charge on any atom is 0.259 e. The summed E-state index contributed by atoms with van der Waals surface area (Å²) in [6.45, 7) is 0. The Morgan fingerprint density at radius 1 is 0.939 bits per heavy atom. The van der Waals surface area contributed by atoms with Crippen LogP contribution in [0.3, 0.4) is 0 Å². The van der Waals surface area contributed by atoms with Gasteiger partial charge in [0.15, 0.2) is 0 Å². The van der Waals surface area contributed by atoms with Gasteiger partial charge in [0.05, 0.1) is 23.7 Å². The molecule has 2 heterocycles. The molecule has 3 aromatic carbocycles. The zero-order valence-corrected chi connectivity index (χ0v) is 19.3. The van der Waals surface area contributed by atoms with Gasteiger partial charge in [-0.2, -0.15) is 0 Å². The molecule has 0 aliphatic rings. The fraction of sp³-hybridized carbons (Fsp3) is 0.0385. The molecule has 162 valence electrons. The van der Waals surface area contributed by atoms with E-state index in [4.69, 9.17) is 4.74 Å². The molecule has 5 nitrogen and oxygen atoms in total. The number of aromatic nitrogens is 2. The quantitative estimate of drug-likeness (QED) is 0.278. The maximum absolute atomic E-state index is 13.0. The molecule has 0 bridgehead atoms. The Kier molecular flexibility index (Phi) is 6.06.